The third-order valence-corrected chi connectivity index (χ3v) is 3.64. The zero-order valence-corrected chi connectivity index (χ0v) is 11.7. The second-order valence-electron chi connectivity index (χ2n) is 5.40. The first-order valence-electron chi connectivity index (χ1n) is 6.51. The predicted molar refractivity (Wildman–Crippen MR) is 74.5 cm³/mol. The Bertz CT molecular complexity index is 514. The first kappa shape index (κ1) is 14.4. The van der Waals surface area contributed by atoms with Crippen LogP contribution in [-0.2, 0) is 4.74 Å². The minimum absolute atomic E-state index is 0.0349. The maximum absolute atomic E-state index is 11.1. The molecule has 1 saturated heterocycles. The highest BCUT2D eigenvalue weighted by Gasteiger charge is 2.29. The summed E-state index contributed by atoms with van der Waals surface area (Å²) < 4.78 is 5.34. The number of nitrogens with one attached hydrogen (secondary N) is 1. The van der Waals surface area contributed by atoms with E-state index in [1.807, 2.05) is 0 Å². The van der Waals surface area contributed by atoms with Crippen molar-refractivity contribution in [2.45, 2.75) is 26.7 Å². The van der Waals surface area contributed by atoms with Gasteiger partial charge in [-0.1, -0.05) is 6.92 Å². The van der Waals surface area contributed by atoms with E-state index in [-0.39, 0.29) is 28.6 Å². The Morgan fingerprint density at radius 3 is 2.70 bits per heavy atom. The molecule has 20 heavy (non-hydrogen) atoms. The SMILES string of the molecule is Cc1nc(N)nc(NCC2(C)CCOCC2)c1[N+](=O)[O-]. The van der Waals surface area contributed by atoms with Gasteiger partial charge in [-0.2, -0.15) is 4.98 Å². The van der Waals surface area contributed by atoms with Crippen molar-refractivity contribution in [2.24, 2.45) is 5.41 Å². The Balaban J connectivity index is 2.18. The van der Waals surface area contributed by atoms with Crippen LogP contribution < -0.4 is 11.1 Å². The summed E-state index contributed by atoms with van der Waals surface area (Å²) in [6.07, 6.45) is 1.82. The van der Waals surface area contributed by atoms with Gasteiger partial charge in [-0.25, -0.2) is 4.98 Å². The van der Waals surface area contributed by atoms with Crippen molar-refractivity contribution in [1.29, 1.82) is 0 Å². The zero-order chi connectivity index (χ0) is 14.8. The Hall–Kier alpha value is -1.96. The summed E-state index contributed by atoms with van der Waals surface area (Å²) >= 11 is 0. The summed E-state index contributed by atoms with van der Waals surface area (Å²) in [5.41, 5.74) is 5.76. The normalized spacial score (nSPS) is 17.7. The summed E-state index contributed by atoms with van der Waals surface area (Å²) in [5, 5.41) is 14.2. The molecule has 3 N–H and O–H groups in total. The van der Waals surface area contributed by atoms with Crippen LogP contribution >= 0.6 is 0 Å². The van der Waals surface area contributed by atoms with Gasteiger partial charge in [-0.3, -0.25) is 10.1 Å². The molecule has 0 aromatic carbocycles. The number of anilines is 2. The van der Waals surface area contributed by atoms with Gasteiger partial charge in [0.05, 0.1) is 4.92 Å². The highest BCUT2D eigenvalue weighted by atomic mass is 16.6. The second kappa shape index (κ2) is 5.58. The van der Waals surface area contributed by atoms with Crippen LogP contribution in [0.4, 0.5) is 17.5 Å². The van der Waals surface area contributed by atoms with E-state index in [0.717, 1.165) is 12.8 Å². The molecule has 8 nitrogen and oxygen atoms in total. The van der Waals surface area contributed by atoms with Gasteiger partial charge in [-0.15, -0.1) is 0 Å². The van der Waals surface area contributed by atoms with Crippen LogP contribution in [0.5, 0.6) is 0 Å². The lowest BCUT2D eigenvalue weighted by Gasteiger charge is -2.33. The number of nitrogens with zero attached hydrogens (tertiary/aromatic N) is 3. The van der Waals surface area contributed by atoms with Crippen LogP contribution in [0.15, 0.2) is 0 Å². The van der Waals surface area contributed by atoms with Gasteiger partial charge in [-0.05, 0) is 25.2 Å². The van der Waals surface area contributed by atoms with Crippen molar-refractivity contribution in [2.75, 3.05) is 30.8 Å². The largest absolute Gasteiger partial charge is 0.381 e. The van der Waals surface area contributed by atoms with Gasteiger partial charge in [0, 0.05) is 19.8 Å². The molecule has 110 valence electrons. The quantitative estimate of drug-likeness (QED) is 0.634. The van der Waals surface area contributed by atoms with Gasteiger partial charge in [0.15, 0.2) is 0 Å². The lowest BCUT2D eigenvalue weighted by atomic mass is 9.82. The smallest absolute Gasteiger partial charge is 0.332 e. The second-order valence-corrected chi connectivity index (χ2v) is 5.40. The van der Waals surface area contributed by atoms with Crippen LogP contribution in [0.1, 0.15) is 25.5 Å². The van der Waals surface area contributed by atoms with Crippen molar-refractivity contribution >= 4 is 17.5 Å². The maximum Gasteiger partial charge on any atom is 0.332 e. The number of rotatable bonds is 4. The molecule has 1 aromatic heterocycles. The van der Waals surface area contributed by atoms with E-state index >= 15 is 0 Å². The van der Waals surface area contributed by atoms with Crippen LogP contribution in [0.2, 0.25) is 0 Å². The minimum atomic E-state index is -0.483. The highest BCUT2D eigenvalue weighted by Crippen LogP contribution is 2.32. The molecule has 2 rings (SSSR count). The van der Waals surface area contributed by atoms with E-state index in [4.69, 9.17) is 10.5 Å². The number of aryl methyl sites for hydroxylation is 1. The molecule has 0 aliphatic carbocycles. The van der Waals surface area contributed by atoms with Crippen molar-refractivity contribution in [1.82, 2.24) is 9.97 Å². The van der Waals surface area contributed by atoms with E-state index in [9.17, 15) is 10.1 Å². The Labute approximate surface area is 116 Å². The third-order valence-electron chi connectivity index (χ3n) is 3.64. The Kier molecular flexibility index (Phi) is 4.03. The molecule has 8 heteroatoms. The average molecular weight is 281 g/mol. The number of aromatic nitrogens is 2. The topological polar surface area (TPSA) is 116 Å². The van der Waals surface area contributed by atoms with E-state index in [2.05, 4.69) is 22.2 Å². The molecular formula is C12H19N5O3. The van der Waals surface area contributed by atoms with E-state index in [1.165, 1.54) is 0 Å². The molecule has 1 aliphatic rings. The number of hydrogen-bond acceptors (Lipinski definition) is 7. The molecule has 0 bridgehead atoms. The summed E-state index contributed by atoms with van der Waals surface area (Å²) in [7, 11) is 0. The first-order valence-corrected chi connectivity index (χ1v) is 6.51. The van der Waals surface area contributed by atoms with Crippen molar-refractivity contribution < 1.29 is 9.66 Å². The standard InChI is InChI=1S/C12H19N5O3/c1-8-9(17(18)19)10(16-11(13)15-8)14-7-12(2)3-5-20-6-4-12/h3-7H2,1-2H3,(H3,13,14,15,16). The van der Waals surface area contributed by atoms with Crippen molar-refractivity contribution in [3.8, 4) is 0 Å². The summed E-state index contributed by atoms with van der Waals surface area (Å²) in [4.78, 5) is 18.4. The molecule has 1 aliphatic heterocycles. The molecule has 0 saturated carbocycles. The monoisotopic (exact) mass is 281 g/mol. The fraction of sp³-hybridized carbons (Fsp3) is 0.667. The van der Waals surface area contributed by atoms with Crippen LogP contribution in [0.3, 0.4) is 0 Å². The average Bonchev–Trinajstić information content (AvgIpc) is 2.36. The van der Waals surface area contributed by atoms with E-state index in [1.54, 1.807) is 6.92 Å². The van der Waals surface area contributed by atoms with Gasteiger partial charge in [0.2, 0.25) is 11.8 Å². The molecule has 0 atom stereocenters. The van der Waals surface area contributed by atoms with Crippen molar-refractivity contribution in [3.63, 3.8) is 0 Å². The predicted octanol–water partition coefficient (Wildman–Crippen LogP) is 1.50. The Morgan fingerprint density at radius 1 is 1.45 bits per heavy atom. The molecule has 1 fully saturated rings. The third kappa shape index (κ3) is 3.13. The summed E-state index contributed by atoms with van der Waals surface area (Å²) in [6.45, 7) is 5.70. The summed E-state index contributed by atoms with van der Waals surface area (Å²) in [5.74, 6) is 0.223. The molecular weight excluding hydrogens is 262 g/mol. The molecule has 2 heterocycles. The lowest BCUT2D eigenvalue weighted by molar-refractivity contribution is -0.385. The fourth-order valence-electron chi connectivity index (χ4n) is 2.27. The van der Waals surface area contributed by atoms with Gasteiger partial charge in [0.1, 0.15) is 5.69 Å². The first-order chi connectivity index (χ1) is 9.41. The van der Waals surface area contributed by atoms with Crippen LogP contribution in [0, 0.1) is 22.5 Å². The molecule has 0 amide bonds. The van der Waals surface area contributed by atoms with Gasteiger partial charge >= 0.3 is 5.69 Å². The minimum Gasteiger partial charge on any atom is -0.381 e. The number of nitrogen functional groups attached to an aromatic ring is 1. The van der Waals surface area contributed by atoms with E-state index in [0.29, 0.717) is 19.8 Å². The zero-order valence-electron chi connectivity index (χ0n) is 11.7. The number of ether oxygens (including phenoxy) is 1. The summed E-state index contributed by atoms with van der Waals surface area (Å²) in [6, 6.07) is 0. The Morgan fingerprint density at radius 2 is 2.10 bits per heavy atom. The van der Waals surface area contributed by atoms with E-state index < -0.39 is 4.92 Å². The number of nitro groups is 1. The number of nitrogens with two attached hydrogens (primary N) is 1. The van der Waals surface area contributed by atoms with Gasteiger partial charge < -0.3 is 15.8 Å². The molecule has 0 radical (unpaired) electrons. The van der Waals surface area contributed by atoms with Gasteiger partial charge in [0.25, 0.3) is 0 Å². The highest BCUT2D eigenvalue weighted by molar-refractivity contribution is 5.60. The fourth-order valence-corrected chi connectivity index (χ4v) is 2.27. The maximum atomic E-state index is 11.1. The number of hydrogen-bond donors (Lipinski definition) is 2. The molecule has 1 aromatic rings. The van der Waals surface area contributed by atoms with Crippen molar-refractivity contribution in [3.05, 3.63) is 15.8 Å². The molecule has 0 unspecified atom stereocenters. The lowest BCUT2D eigenvalue weighted by Crippen LogP contribution is -2.33. The van der Waals surface area contributed by atoms with Crippen LogP contribution in [-0.4, -0.2) is 34.6 Å². The van der Waals surface area contributed by atoms with Crippen LogP contribution in [0.25, 0.3) is 0 Å². The molecule has 0 spiro atoms.